The van der Waals surface area contributed by atoms with Crippen molar-refractivity contribution < 1.29 is 36.6 Å². The summed E-state index contributed by atoms with van der Waals surface area (Å²) in [5.41, 5.74) is 0.899. The van der Waals surface area contributed by atoms with Crippen LogP contribution in [0.2, 0.25) is 0 Å². The molecular formula is C25H20F4N2O4. The SMILES string of the molecule is CCOC(=O)COc1ccc(OCc2nn(-c3ccc(C(F)(F)F)cc3)c3ccccc23)cc1F. The summed E-state index contributed by atoms with van der Waals surface area (Å²) < 4.78 is 70.2. The number of rotatable bonds is 8. The van der Waals surface area contributed by atoms with Crippen molar-refractivity contribution in [1.82, 2.24) is 9.78 Å². The predicted octanol–water partition coefficient (Wildman–Crippen LogP) is 5.70. The van der Waals surface area contributed by atoms with Crippen LogP contribution in [-0.4, -0.2) is 29.0 Å². The summed E-state index contributed by atoms with van der Waals surface area (Å²) >= 11 is 0. The van der Waals surface area contributed by atoms with Gasteiger partial charge in [-0.3, -0.25) is 0 Å². The Morgan fingerprint density at radius 3 is 2.43 bits per heavy atom. The lowest BCUT2D eigenvalue weighted by molar-refractivity contribution is -0.145. The highest BCUT2D eigenvalue weighted by molar-refractivity contribution is 5.83. The zero-order valence-corrected chi connectivity index (χ0v) is 18.5. The number of carbonyl (C=O) groups is 1. The minimum atomic E-state index is -4.43. The maximum Gasteiger partial charge on any atom is 0.416 e. The molecule has 0 aliphatic carbocycles. The Balaban J connectivity index is 1.52. The van der Waals surface area contributed by atoms with Crippen LogP contribution in [0.15, 0.2) is 66.7 Å². The molecule has 10 heteroatoms. The third-order valence-electron chi connectivity index (χ3n) is 5.03. The van der Waals surface area contributed by atoms with Crippen molar-refractivity contribution in [3.8, 4) is 17.2 Å². The summed E-state index contributed by atoms with van der Waals surface area (Å²) in [5, 5.41) is 5.25. The second-order valence-corrected chi connectivity index (χ2v) is 7.39. The first-order valence-electron chi connectivity index (χ1n) is 10.6. The molecule has 1 heterocycles. The van der Waals surface area contributed by atoms with Gasteiger partial charge >= 0.3 is 12.1 Å². The lowest BCUT2D eigenvalue weighted by Crippen LogP contribution is -2.15. The van der Waals surface area contributed by atoms with E-state index in [9.17, 15) is 22.4 Å². The molecule has 1 aromatic heterocycles. The van der Waals surface area contributed by atoms with Gasteiger partial charge < -0.3 is 14.2 Å². The summed E-state index contributed by atoms with van der Waals surface area (Å²) in [6, 6.07) is 15.8. The minimum absolute atomic E-state index is 0.0172. The highest BCUT2D eigenvalue weighted by atomic mass is 19.4. The van der Waals surface area contributed by atoms with Crippen LogP contribution >= 0.6 is 0 Å². The molecule has 0 unspecified atom stereocenters. The van der Waals surface area contributed by atoms with Crippen molar-refractivity contribution in [2.24, 2.45) is 0 Å². The van der Waals surface area contributed by atoms with Crippen LogP contribution in [0.4, 0.5) is 17.6 Å². The number of aromatic nitrogens is 2. The smallest absolute Gasteiger partial charge is 0.416 e. The van der Waals surface area contributed by atoms with Crippen molar-refractivity contribution in [3.05, 3.63) is 83.8 Å². The van der Waals surface area contributed by atoms with Gasteiger partial charge in [-0.05, 0) is 49.4 Å². The van der Waals surface area contributed by atoms with Crippen LogP contribution in [-0.2, 0) is 22.3 Å². The summed E-state index contributed by atoms with van der Waals surface area (Å²) in [6.45, 7) is 1.41. The Bertz CT molecular complexity index is 1330. The number of fused-ring (bicyclic) bond motifs is 1. The number of hydrogen-bond acceptors (Lipinski definition) is 5. The maximum absolute atomic E-state index is 14.4. The van der Waals surface area contributed by atoms with Crippen LogP contribution in [0.5, 0.6) is 11.5 Å². The second-order valence-electron chi connectivity index (χ2n) is 7.39. The van der Waals surface area contributed by atoms with E-state index < -0.39 is 30.1 Å². The van der Waals surface area contributed by atoms with Crippen LogP contribution < -0.4 is 9.47 Å². The van der Waals surface area contributed by atoms with E-state index in [4.69, 9.17) is 14.2 Å². The maximum atomic E-state index is 14.4. The molecule has 0 fully saturated rings. The van der Waals surface area contributed by atoms with Crippen LogP contribution in [0, 0.1) is 5.82 Å². The van der Waals surface area contributed by atoms with Gasteiger partial charge in [0, 0.05) is 11.5 Å². The lowest BCUT2D eigenvalue weighted by atomic mass is 10.2. The van der Waals surface area contributed by atoms with Gasteiger partial charge in [0.25, 0.3) is 0 Å². The molecule has 0 saturated carbocycles. The number of ether oxygens (including phenoxy) is 3. The second kappa shape index (κ2) is 10.0. The van der Waals surface area contributed by atoms with E-state index in [0.717, 1.165) is 23.6 Å². The normalized spacial score (nSPS) is 11.5. The van der Waals surface area contributed by atoms with Gasteiger partial charge in [0.2, 0.25) is 0 Å². The molecule has 0 amide bonds. The topological polar surface area (TPSA) is 62.6 Å². The summed E-state index contributed by atoms with van der Waals surface area (Å²) in [7, 11) is 0. The van der Waals surface area contributed by atoms with Gasteiger partial charge in [0.05, 0.1) is 23.4 Å². The van der Waals surface area contributed by atoms with E-state index in [0.29, 0.717) is 16.9 Å². The number of carbonyl (C=O) groups excluding carboxylic acids is 1. The van der Waals surface area contributed by atoms with Crippen molar-refractivity contribution in [2.75, 3.05) is 13.2 Å². The molecule has 182 valence electrons. The Labute approximate surface area is 197 Å². The highest BCUT2D eigenvalue weighted by Crippen LogP contribution is 2.31. The molecule has 0 saturated heterocycles. The fraction of sp³-hybridized carbons (Fsp3) is 0.200. The molecule has 0 aliphatic heterocycles. The number of benzene rings is 3. The quantitative estimate of drug-likeness (QED) is 0.235. The Morgan fingerprint density at radius 2 is 1.74 bits per heavy atom. The molecular weight excluding hydrogens is 468 g/mol. The Hall–Kier alpha value is -4.08. The van der Waals surface area contributed by atoms with Gasteiger partial charge in [-0.15, -0.1) is 0 Å². The number of nitrogens with zero attached hydrogens (tertiary/aromatic N) is 2. The Kier molecular flexibility index (Phi) is 6.90. The first-order valence-corrected chi connectivity index (χ1v) is 10.6. The molecule has 0 atom stereocenters. The van der Waals surface area contributed by atoms with Crippen LogP contribution in [0.25, 0.3) is 16.6 Å². The molecule has 35 heavy (non-hydrogen) atoms. The predicted molar refractivity (Wildman–Crippen MR) is 119 cm³/mol. The summed E-state index contributed by atoms with van der Waals surface area (Å²) in [4.78, 5) is 11.4. The van der Waals surface area contributed by atoms with Gasteiger partial charge in [0.15, 0.2) is 18.2 Å². The first-order chi connectivity index (χ1) is 16.8. The number of hydrogen-bond donors (Lipinski definition) is 0. The minimum Gasteiger partial charge on any atom is -0.487 e. The molecule has 0 spiro atoms. The van der Waals surface area contributed by atoms with Gasteiger partial charge in [-0.2, -0.15) is 18.3 Å². The molecule has 0 radical (unpaired) electrons. The average Bonchev–Trinajstić information content (AvgIpc) is 3.20. The third-order valence-corrected chi connectivity index (χ3v) is 5.03. The highest BCUT2D eigenvalue weighted by Gasteiger charge is 2.30. The molecule has 3 aromatic carbocycles. The van der Waals surface area contributed by atoms with E-state index >= 15 is 0 Å². The number of esters is 1. The molecule has 0 aliphatic rings. The first kappa shape index (κ1) is 24.1. The van der Waals surface area contributed by atoms with E-state index in [1.54, 1.807) is 25.1 Å². The largest absolute Gasteiger partial charge is 0.487 e. The monoisotopic (exact) mass is 488 g/mol. The van der Waals surface area contributed by atoms with E-state index in [2.05, 4.69) is 5.10 Å². The van der Waals surface area contributed by atoms with Crippen molar-refractivity contribution >= 4 is 16.9 Å². The van der Waals surface area contributed by atoms with Crippen LogP contribution in [0.3, 0.4) is 0 Å². The number of halogens is 4. The molecule has 0 N–H and O–H groups in total. The zero-order chi connectivity index (χ0) is 25.0. The van der Waals surface area contributed by atoms with E-state index in [1.807, 2.05) is 6.07 Å². The zero-order valence-electron chi connectivity index (χ0n) is 18.5. The molecule has 4 aromatic rings. The lowest BCUT2D eigenvalue weighted by Gasteiger charge is -2.09. The van der Waals surface area contributed by atoms with Crippen molar-refractivity contribution in [3.63, 3.8) is 0 Å². The van der Waals surface area contributed by atoms with Gasteiger partial charge in [-0.25, -0.2) is 13.9 Å². The third kappa shape index (κ3) is 5.53. The fourth-order valence-corrected chi connectivity index (χ4v) is 3.41. The number of para-hydroxylation sites is 1. The van der Waals surface area contributed by atoms with Gasteiger partial charge in [0.1, 0.15) is 18.1 Å². The van der Waals surface area contributed by atoms with Crippen molar-refractivity contribution in [1.29, 1.82) is 0 Å². The summed E-state index contributed by atoms with van der Waals surface area (Å²) in [6.07, 6.45) is -4.43. The Morgan fingerprint density at radius 1 is 1.00 bits per heavy atom. The average molecular weight is 488 g/mol. The number of alkyl halides is 3. The summed E-state index contributed by atoms with van der Waals surface area (Å²) in [5.74, 6) is -1.24. The van der Waals surface area contributed by atoms with E-state index in [-0.39, 0.29) is 24.7 Å². The van der Waals surface area contributed by atoms with Gasteiger partial charge in [-0.1, -0.05) is 18.2 Å². The molecule has 0 bridgehead atoms. The molecule has 4 rings (SSSR count). The fourth-order valence-electron chi connectivity index (χ4n) is 3.41. The van der Waals surface area contributed by atoms with E-state index in [1.165, 1.54) is 28.9 Å². The molecule has 6 nitrogen and oxygen atoms in total. The van der Waals surface area contributed by atoms with Crippen LogP contribution in [0.1, 0.15) is 18.2 Å². The standard InChI is InChI=1S/C25H20F4N2O4/c1-2-33-24(32)15-35-23-12-11-18(13-20(23)26)34-14-21-19-5-3-4-6-22(19)31(30-21)17-9-7-16(8-10-17)25(27,28)29/h3-13H,2,14-15H2,1H3. The van der Waals surface area contributed by atoms with Crippen molar-refractivity contribution in [2.45, 2.75) is 19.7 Å².